The number of nitrogens with zero attached hydrogens (tertiary/aromatic N) is 1. The molecule has 0 aliphatic heterocycles. The number of nitrogen functional groups attached to an aromatic ring is 1. The number of carbonyl (C=O) groups excluding carboxylic acids is 2. The molecular weight excluding hydrogens is 366 g/mol. The van der Waals surface area contributed by atoms with Crippen LogP contribution in [-0.2, 0) is 9.53 Å². The molecule has 2 heterocycles. The van der Waals surface area contributed by atoms with Crippen LogP contribution in [0.3, 0.4) is 0 Å². The first-order valence-electron chi connectivity index (χ1n) is 9.09. The minimum absolute atomic E-state index is 0.0296. The monoisotopic (exact) mass is 393 g/mol. The average Bonchev–Trinajstić information content (AvgIpc) is 3.22. The molecule has 2 rings (SSSR count). The van der Waals surface area contributed by atoms with Crippen LogP contribution in [0, 0.1) is 5.92 Å². The minimum Gasteiger partial charge on any atom is -0.464 e. The van der Waals surface area contributed by atoms with Crippen molar-refractivity contribution >= 4 is 34.1 Å². The van der Waals surface area contributed by atoms with Crippen molar-refractivity contribution in [2.24, 2.45) is 5.92 Å². The molecule has 148 valence electrons. The van der Waals surface area contributed by atoms with E-state index in [2.05, 4.69) is 10.3 Å². The lowest BCUT2D eigenvalue weighted by Gasteiger charge is -2.23. The lowest BCUT2D eigenvalue weighted by atomic mass is 9.96. The molecule has 0 saturated carbocycles. The number of Topliss-reactive ketones (excluding diaryl/α,β-unsaturated/α-hetero) is 1. The third kappa shape index (κ3) is 4.68. The summed E-state index contributed by atoms with van der Waals surface area (Å²) < 4.78 is 10.9. The zero-order valence-corrected chi connectivity index (χ0v) is 17.2. The molecular formula is C19H27N3O4S. The first kappa shape index (κ1) is 21.0. The van der Waals surface area contributed by atoms with E-state index in [9.17, 15) is 9.59 Å². The summed E-state index contributed by atoms with van der Waals surface area (Å²) in [4.78, 5) is 29.6. The Morgan fingerprint density at radius 2 is 1.96 bits per heavy atom. The van der Waals surface area contributed by atoms with Crippen LogP contribution in [0.4, 0.5) is 11.0 Å². The highest BCUT2D eigenvalue weighted by Crippen LogP contribution is 2.35. The predicted molar refractivity (Wildman–Crippen MR) is 107 cm³/mol. The Labute approximate surface area is 163 Å². The number of esters is 1. The zero-order chi connectivity index (χ0) is 20.2. The topological polar surface area (TPSA) is 107 Å². The van der Waals surface area contributed by atoms with Gasteiger partial charge < -0.3 is 20.2 Å². The lowest BCUT2D eigenvalue weighted by Crippen LogP contribution is -2.41. The average molecular weight is 394 g/mol. The molecule has 0 aromatic carbocycles. The van der Waals surface area contributed by atoms with E-state index < -0.39 is 5.54 Å². The summed E-state index contributed by atoms with van der Waals surface area (Å²) in [7, 11) is 0. The highest BCUT2D eigenvalue weighted by Gasteiger charge is 2.31. The fourth-order valence-corrected chi connectivity index (χ4v) is 3.57. The second-order valence-corrected chi connectivity index (χ2v) is 7.77. The molecule has 3 N–H and O–H groups in total. The van der Waals surface area contributed by atoms with Gasteiger partial charge in [-0.2, -0.15) is 0 Å². The quantitative estimate of drug-likeness (QED) is 0.481. The van der Waals surface area contributed by atoms with E-state index in [1.54, 1.807) is 32.9 Å². The van der Waals surface area contributed by atoms with Gasteiger partial charge in [-0.05, 0) is 39.7 Å². The van der Waals surface area contributed by atoms with Crippen molar-refractivity contribution in [1.82, 2.24) is 4.98 Å². The van der Waals surface area contributed by atoms with Crippen LogP contribution in [-0.4, -0.2) is 28.9 Å². The maximum absolute atomic E-state index is 12.8. The van der Waals surface area contributed by atoms with Gasteiger partial charge in [0.25, 0.3) is 0 Å². The number of furan rings is 1. The van der Waals surface area contributed by atoms with Crippen LogP contribution < -0.4 is 11.1 Å². The highest BCUT2D eigenvalue weighted by atomic mass is 32.1. The van der Waals surface area contributed by atoms with Gasteiger partial charge >= 0.3 is 5.97 Å². The van der Waals surface area contributed by atoms with Crippen molar-refractivity contribution in [1.29, 1.82) is 0 Å². The largest absolute Gasteiger partial charge is 0.464 e. The Kier molecular flexibility index (Phi) is 6.64. The van der Waals surface area contributed by atoms with Crippen molar-refractivity contribution < 1.29 is 18.7 Å². The number of ketones is 1. The normalized spacial score (nSPS) is 11.6. The smallest absolute Gasteiger partial charge is 0.331 e. The molecule has 7 nitrogen and oxygen atoms in total. The lowest BCUT2D eigenvalue weighted by molar-refractivity contribution is -0.147. The van der Waals surface area contributed by atoms with Crippen LogP contribution in [0.1, 0.15) is 57.1 Å². The number of hydrogen-bond acceptors (Lipinski definition) is 8. The molecule has 0 bridgehead atoms. The Hall–Kier alpha value is -2.35. The Balaban J connectivity index is 2.29. The second kappa shape index (κ2) is 8.56. The van der Waals surface area contributed by atoms with Crippen LogP contribution >= 0.6 is 11.3 Å². The van der Waals surface area contributed by atoms with Crippen molar-refractivity contribution in [3.8, 4) is 11.5 Å². The maximum Gasteiger partial charge on any atom is 0.331 e. The van der Waals surface area contributed by atoms with Crippen LogP contribution in [0.15, 0.2) is 16.5 Å². The molecule has 27 heavy (non-hydrogen) atoms. The summed E-state index contributed by atoms with van der Waals surface area (Å²) in [5, 5.41) is 3.33. The third-order valence-electron chi connectivity index (χ3n) is 4.28. The Morgan fingerprint density at radius 3 is 2.56 bits per heavy atom. The fraction of sp³-hybridized carbons (Fsp3) is 0.526. The highest BCUT2D eigenvalue weighted by molar-refractivity contribution is 7.17. The summed E-state index contributed by atoms with van der Waals surface area (Å²) >= 11 is 1.17. The SMILES string of the molecule is CCOC(=O)C(C)(C)Nc1ccc(-c2nc(N)sc2C(=O)C(CC)CC)o1. The number of nitrogens with two attached hydrogens (primary N) is 1. The molecule has 0 atom stereocenters. The molecule has 2 aromatic rings. The van der Waals surface area contributed by atoms with E-state index in [1.807, 2.05) is 13.8 Å². The van der Waals surface area contributed by atoms with Gasteiger partial charge in [0.05, 0.1) is 6.61 Å². The molecule has 8 heteroatoms. The molecule has 2 aromatic heterocycles. The van der Waals surface area contributed by atoms with E-state index >= 15 is 0 Å². The van der Waals surface area contributed by atoms with Crippen LogP contribution in [0.2, 0.25) is 0 Å². The Bertz CT molecular complexity index is 806. The number of nitrogens with one attached hydrogen (secondary N) is 1. The maximum atomic E-state index is 12.8. The molecule has 0 aliphatic rings. The third-order valence-corrected chi connectivity index (χ3v) is 5.18. The minimum atomic E-state index is -0.958. The van der Waals surface area contributed by atoms with Crippen molar-refractivity contribution in [3.63, 3.8) is 0 Å². The van der Waals surface area contributed by atoms with Crippen LogP contribution in [0.5, 0.6) is 0 Å². The van der Waals surface area contributed by atoms with Crippen molar-refractivity contribution in [3.05, 3.63) is 17.0 Å². The molecule has 0 amide bonds. The number of aromatic nitrogens is 1. The summed E-state index contributed by atoms with van der Waals surface area (Å²) in [6, 6.07) is 3.40. The number of hydrogen-bond donors (Lipinski definition) is 2. The van der Waals surface area contributed by atoms with Gasteiger partial charge in [-0.3, -0.25) is 4.79 Å². The van der Waals surface area contributed by atoms with E-state index in [4.69, 9.17) is 14.9 Å². The number of ether oxygens (including phenoxy) is 1. The molecule has 0 fully saturated rings. The summed E-state index contributed by atoms with van der Waals surface area (Å²) in [6.07, 6.45) is 1.51. The predicted octanol–water partition coefficient (Wildman–Crippen LogP) is 4.36. The number of carbonyl (C=O) groups is 2. The van der Waals surface area contributed by atoms with E-state index in [0.717, 1.165) is 12.8 Å². The van der Waals surface area contributed by atoms with E-state index in [0.29, 0.717) is 34.0 Å². The van der Waals surface area contributed by atoms with Gasteiger partial charge in [-0.1, -0.05) is 25.2 Å². The van der Waals surface area contributed by atoms with Gasteiger partial charge in [0.2, 0.25) is 0 Å². The zero-order valence-electron chi connectivity index (χ0n) is 16.4. The first-order chi connectivity index (χ1) is 12.7. The summed E-state index contributed by atoms with van der Waals surface area (Å²) in [6.45, 7) is 9.44. The molecule has 0 unspecified atom stereocenters. The fourth-order valence-electron chi connectivity index (χ4n) is 2.72. The number of thiazole rings is 1. The van der Waals surface area contributed by atoms with Crippen molar-refractivity contribution in [2.75, 3.05) is 17.7 Å². The van der Waals surface area contributed by atoms with Crippen LogP contribution in [0.25, 0.3) is 11.5 Å². The van der Waals surface area contributed by atoms with Crippen molar-refractivity contribution in [2.45, 2.75) is 53.0 Å². The van der Waals surface area contributed by atoms with Gasteiger partial charge in [-0.25, -0.2) is 9.78 Å². The van der Waals surface area contributed by atoms with E-state index in [-0.39, 0.29) is 17.7 Å². The molecule has 0 saturated heterocycles. The van der Waals surface area contributed by atoms with E-state index in [1.165, 1.54) is 11.3 Å². The number of rotatable bonds is 9. The molecule has 0 spiro atoms. The standard InChI is InChI=1S/C19H27N3O4S/c1-6-11(7-2)15(23)16-14(21-18(20)27-16)12-9-10-13(26-12)22-19(4,5)17(24)25-8-3/h9-11,22H,6-8H2,1-5H3,(H2,20,21). The first-order valence-corrected chi connectivity index (χ1v) is 9.91. The van der Waals surface area contributed by atoms with Gasteiger partial charge in [0.1, 0.15) is 16.1 Å². The van der Waals surface area contributed by atoms with Gasteiger partial charge in [0.15, 0.2) is 22.6 Å². The summed E-state index contributed by atoms with van der Waals surface area (Å²) in [5.74, 6) is 0.390. The second-order valence-electron chi connectivity index (χ2n) is 6.74. The molecule has 0 aliphatic carbocycles. The van der Waals surface area contributed by atoms with Gasteiger partial charge in [0, 0.05) is 12.0 Å². The number of anilines is 2. The van der Waals surface area contributed by atoms with Gasteiger partial charge in [-0.15, -0.1) is 0 Å². The summed E-state index contributed by atoms with van der Waals surface area (Å²) in [5.41, 5.74) is 5.34. The Morgan fingerprint density at radius 1 is 1.30 bits per heavy atom. The molecule has 0 radical (unpaired) electrons.